The van der Waals surface area contributed by atoms with Gasteiger partial charge in [-0.25, -0.2) is 9.79 Å². The lowest BCUT2D eigenvalue weighted by atomic mass is 10.1. The number of amides is 2. The number of rotatable bonds is 3. The number of aryl methyl sites for hydroxylation is 1. The van der Waals surface area contributed by atoms with Crippen molar-refractivity contribution in [2.45, 2.75) is 6.92 Å². The van der Waals surface area contributed by atoms with E-state index in [1.807, 2.05) is 66.4 Å². The van der Waals surface area contributed by atoms with Crippen LogP contribution in [0.25, 0.3) is 0 Å². The molecular weight excluding hydrogens is 444 g/mol. The van der Waals surface area contributed by atoms with E-state index >= 15 is 0 Å². The molecule has 1 N–H and O–H groups in total. The Morgan fingerprint density at radius 3 is 2.46 bits per heavy atom. The van der Waals surface area contributed by atoms with Gasteiger partial charge in [0, 0.05) is 37.9 Å². The summed E-state index contributed by atoms with van der Waals surface area (Å²) in [5.74, 6) is 3.70. The van der Waals surface area contributed by atoms with Crippen molar-refractivity contribution in [2.24, 2.45) is 4.99 Å². The molecule has 0 radical (unpaired) electrons. The number of carbonyl (C=O) groups is 1. The van der Waals surface area contributed by atoms with E-state index in [0.29, 0.717) is 37.6 Å². The summed E-state index contributed by atoms with van der Waals surface area (Å²) in [5.41, 5.74) is 3.45. The van der Waals surface area contributed by atoms with E-state index in [1.54, 1.807) is 20.3 Å². The number of benzene rings is 3. The molecule has 5 rings (SSSR count). The molecule has 8 nitrogen and oxygen atoms in total. The highest BCUT2D eigenvalue weighted by atomic mass is 16.5. The Morgan fingerprint density at radius 2 is 1.69 bits per heavy atom. The maximum Gasteiger partial charge on any atom is 0.321 e. The van der Waals surface area contributed by atoms with E-state index in [1.165, 1.54) is 0 Å². The number of hydrogen-bond donors (Lipinski definition) is 1. The minimum absolute atomic E-state index is 0.132. The first-order valence-corrected chi connectivity index (χ1v) is 11.5. The Hall–Kier alpha value is -4.20. The number of hydrogen-bond acceptors (Lipinski definition) is 6. The van der Waals surface area contributed by atoms with E-state index in [-0.39, 0.29) is 6.03 Å². The van der Waals surface area contributed by atoms with Crippen LogP contribution in [0.15, 0.2) is 65.7 Å². The number of ether oxygens (including phenoxy) is 3. The molecule has 3 aromatic carbocycles. The van der Waals surface area contributed by atoms with Crippen LogP contribution in [0.4, 0.5) is 16.2 Å². The normalized spacial score (nSPS) is 14.7. The lowest BCUT2D eigenvalue weighted by Gasteiger charge is -2.36. The van der Waals surface area contributed by atoms with E-state index < -0.39 is 0 Å². The highest BCUT2D eigenvalue weighted by Gasteiger charge is 2.28. The van der Waals surface area contributed by atoms with Crippen molar-refractivity contribution in [3.63, 3.8) is 0 Å². The standard InChI is InChI=1S/C27H28N4O4/c1-18-7-9-23-25(15-18)35-24-10-8-21(34-3)17-22(24)26(29-23)30-11-13-31(14-12-30)27(32)28-19-5-4-6-20(16-19)33-2/h4-10,15-17H,11-14H2,1-3H3,(H,28,32). The molecule has 0 spiro atoms. The number of methoxy groups -OCH3 is 2. The number of carbonyl (C=O) groups excluding carboxylic acids is 1. The average Bonchev–Trinajstić information content (AvgIpc) is 3.04. The molecule has 0 bridgehead atoms. The molecule has 180 valence electrons. The Balaban J connectivity index is 1.37. The van der Waals surface area contributed by atoms with Crippen LogP contribution in [0.3, 0.4) is 0 Å². The van der Waals surface area contributed by atoms with Gasteiger partial charge in [-0.15, -0.1) is 0 Å². The van der Waals surface area contributed by atoms with Gasteiger partial charge in [-0.3, -0.25) is 0 Å². The number of piperazine rings is 1. The van der Waals surface area contributed by atoms with Gasteiger partial charge in [-0.1, -0.05) is 12.1 Å². The van der Waals surface area contributed by atoms with Gasteiger partial charge in [0.15, 0.2) is 5.75 Å². The maximum atomic E-state index is 12.9. The van der Waals surface area contributed by atoms with Crippen molar-refractivity contribution in [3.8, 4) is 23.0 Å². The van der Waals surface area contributed by atoms with Crippen LogP contribution in [0.5, 0.6) is 23.0 Å². The topological polar surface area (TPSA) is 75.6 Å². The number of aliphatic imine (C=N–C) groups is 1. The van der Waals surface area contributed by atoms with Crippen molar-refractivity contribution in [1.29, 1.82) is 0 Å². The van der Waals surface area contributed by atoms with E-state index in [9.17, 15) is 4.79 Å². The minimum Gasteiger partial charge on any atom is -0.497 e. The van der Waals surface area contributed by atoms with Crippen molar-refractivity contribution in [1.82, 2.24) is 9.80 Å². The summed E-state index contributed by atoms with van der Waals surface area (Å²) in [4.78, 5) is 21.9. The van der Waals surface area contributed by atoms with Crippen LogP contribution >= 0.6 is 0 Å². The zero-order valence-corrected chi connectivity index (χ0v) is 20.1. The molecule has 0 aromatic heterocycles. The summed E-state index contributed by atoms with van der Waals surface area (Å²) < 4.78 is 17.0. The smallest absolute Gasteiger partial charge is 0.321 e. The summed E-state index contributed by atoms with van der Waals surface area (Å²) in [6, 6.07) is 19.0. The third-order valence-corrected chi connectivity index (χ3v) is 6.18. The van der Waals surface area contributed by atoms with Gasteiger partial charge in [0.2, 0.25) is 0 Å². The Morgan fingerprint density at radius 1 is 0.914 bits per heavy atom. The number of anilines is 1. The Bertz CT molecular complexity index is 1280. The fourth-order valence-electron chi connectivity index (χ4n) is 4.25. The van der Waals surface area contributed by atoms with Crippen LogP contribution < -0.4 is 19.5 Å². The molecule has 0 unspecified atom stereocenters. The van der Waals surface area contributed by atoms with Crippen molar-refractivity contribution in [3.05, 3.63) is 71.8 Å². The highest BCUT2D eigenvalue weighted by molar-refractivity contribution is 6.04. The monoisotopic (exact) mass is 472 g/mol. The Kier molecular flexibility index (Phi) is 6.18. The molecule has 0 atom stereocenters. The average molecular weight is 473 g/mol. The molecule has 3 aromatic rings. The van der Waals surface area contributed by atoms with Crippen molar-refractivity contribution < 1.29 is 19.0 Å². The zero-order valence-electron chi connectivity index (χ0n) is 20.1. The zero-order chi connectivity index (χ0) is 24.4. The maximum absolute atomic E-state index is 12.9. The number of nitrogens with zero attached hydrogens (tertiary/aromatic N) is 3. The predicted octanol–water partition coefficient (Wildman–Crippen LogP) is 5.05. The molecule has 2 aliphatic heterocycles. The molecule has 0 saturated carbocycles. The second kappa shape index (κ2) is 9.58. The SMILES string of the molecule is COc1cccc(NC(=O)N2CCN(C3=Nc4ccc(C)cc4Oc4ccc(OC)cc43)CC2)c1. The summed E-state index contributed by atoms with van der Waals surface area (Å²) >= 11 is 0. The summed E-state index contributed by atoms with van der Waals surface area (Å²) in [7, 11) is 3.25. The molecule has 1 saturated heterocycles. The van der Waals surface area contributed by atoms with Gasteiger partial charge < -0.3 is 29.3 Å². The molecular formula is C27H28N4O4. The van der Waals surface area contributed by atoms with E-state index in [2.05, 4.69) is 10.2 Å². The largest absolute Gasteiger partial charge is 0.497 e. The quantitative estimate of drug-likeness (QED) is 0.578. The van der Waals surface area contributed by atoms with Crippen LogP contribution in [0, 0.1) is 6.92 Å². The second-order valence-electron chi connectivity index (χ2n) is 8.51. The third kappa shape index (κ3) is 4.73. The fraction of sp³-hybridized carbons (Fsp3) is 0.259. The number of nitrogens with one attached hydrogen (secondary N) is 1. The molecule has 2 amide bonds. The van der Waals surface area contributed by atoms with Gasteiger partial charge in [0.25, 0.3) is 0 Å². The third-order valence-electron chi connectivity index (χ3n) is 6.18. The summed E-state index contributed by atoms with van der Waals surface area (Å²) in [6.07, 6.45) is 0. The predicted molar refractivity (Wildman–Crippen MR) is 136 cm³/mol. The molecule has 2 aliphatic rings. The van der Waals surface area contributed by atoms with Gasteiger partial charge in [0.05, 0.1) is 19.8 Å². The first-order valence-electron chi connectivity index (χ1n) is 11.5. The molecule has 0 aliphatic carbocycles. The van der Waals surface area contributed by atoms with Crippen molar-refractivity contribution in [2.75, 3.05) is 45.7 Å². The minimum atomic E-state index is -0.132. The number of urea groups is 1. The lowest BCUT2D eigenvalue weighted by molar-refractivity contribution is 0.181. The van der Waals surface area contributed by atoms with Crippen LogP contribution in [0.2, 0.25) is 0 Å². The molecule has 35 heavy (non-hydrogen) atoms. The summed E-state index contributed by atoms with van der Waals surface area (Å²) in [6.45, 7) is 4.44. The second-order valence-corrected chi connectivity index (χ2v) is 8.51. The van der Waals surface area contributed by atoms with Gasteiger partial charge in [0.1, 0.15) is 28.8 Å². The van der Waals surface area contributed by atoms with Gasteiger partial charge in [-0.2, -0.15) is 0 Å². The lowest BCUT2D eigenvalue weighted by Crippen LogP contribution is -2.51. The van der Waals surface area contributed by atoms with Gasteiger partial charge in [-0.05, 0) is 55.0 Å². The highest BCUT2D eigenvalue weighted by Crippen LogP contribution is 2.40. The van der Waals surface area contributed by atoms with E-state index in [4.69, 9.17) is 19.2 Å². The number of amidine groups is 1. The number of fused-ring (bicyclic) bond motifs is 2. The molecule has 2 heterocycles. The van der Waals surface area contributed by atoms with Crippen LogP contribution in [-0.2, 0) is 0 Å². The van der Waals surface area contributed by atoms with Crippen molar-refractivity contribution >= 4 is 23.2 Å². The summed E-state index contributed by atoms with van der Waals surface area (Å²) in [5, 5.41) is 2.96. The first kappa shape index (κ1) is 22.6. The van der Waals surface area contributed by atoms with Crippen LogP contribution in [-0.4, -0.2) is 62.1 Å². The molecule has 8 heteroatoms. The first-order chi connectivity index (χ1) is 17.0. The van der Waals surface area contributed by atoms with Gasteiger partial charge >= 0.3 is 6.03 Å². The fourth-order valence-corrected chi connectivity index (χ4v) is 4.25. The van der Waals surface area contributed by atoms with Crippen LogP contribution in [0.1, 0.15) is 11.1 Å². The van der Waals surface area contributed by atoms with E-state index in [0.717, 1.165) is 39.9 Å². The Labute approximate surface area is 204 Å². The molecule has 1 fully saturated rings.